The van der Waals surface area contributed by atoms with E-state index in [1.807, 2.05) is 48.5 Å². The molecule has 0 N–H and O–H groups in total. The Labute approximate surface area is 142 Å². The van der Waals surface area contributed by atoms with Gasteiger partial charge in [-0.2, -0.15) is 13.2 Å². The zero-order valence-corrected chi connectivity index (χ0v) is 13.0. The topological polar surface area (TPSA) is 17.8 Å². The third-order valence-corrected chi connectivity index (χ3v) is 4.05. The molecule has 0 spiro atoms. The Morgan fingerprint density at radius 1 is 0.720 bits per heavy atom. The van der Waals surface area contributed by atoms with Gasteiger partial charge in [0.05, 0.1) is 16.6 Å². The number of rotatable bonds is 2. The molecule has 0 saturated carbocycles. The fraction of sp³-hybridized carbons (Fsp3) is 0.0500. The van der Waals surface area contributed by atoms with Gasteiger partial charge in [-0.05, 0) is 30.3 Å². The number of fused-ring (bicyclic) bond motifs is 1. The highest BCUT2D eigenvalue weighted by molar-refractivity contribution is 5.83. The van der Waals surface area contributed by atoms with Gasteiger partial charge in [0.2, 0.25) is 0 Å². The van der Waals surface area contributed by atoms with E-state index in [2.05, 4.69) is 4.98 Å². The van der Waals surface area contributed by atoms with Gasteiger partial charge in [0.25, 0.3) is 0 Å². The first-order valence-electron chi connectivity index (χ1n) is 7.75. The van der Waals surface area contributed by atoms with Gasteiger partial charge in [0.1, 0.15) is 5.82 Å². The molecule has 0 amide bonds. The second-order valence-electron chi connectivity index (χ2n) is 5.64. The molecule has 0 aliphatic carbocycles. The van der Waals surface area contributed by atoms with Crippen LogP contribution in [0.4, 0.5) is 13.2 Å². The lowest BCUT2D eigenvalue weighted by Crippen LogP contribution is -2.09. The molecule has 0 fully saturated rings. The summed E-state index contributed by atoms with van der Waals surface area (Å²) in [5.74, 6) is 0.278. The second kappa shape index (κ2) is 5.77. The molecule has 0 aliphatic heterocycles. The number of halogens is 3. The van der Waals surface area contributed by atoms with Crippen molar-refractivity contribution in [3.05, 3.63) is 84.4 Å². The highest BCUT2D eigenvalue weighted by atomic mass is 19.4. The molecule has 5 heteroatoms. The maximum absolute atomic E-state index is 13.5. The van der Waals surface area contributed by atoms with Crippen molar-refractivity contribution in [1.29, 1.82) is 0 Å². The zero-order valence-electron chi connectivity index (χ0n) is 13.0. The predicted octanol–water partition coefficient (Wildman–Crippen LogP) is 5.71. The van der Waals surface area contributed by atoms with Gasteiger partial charge in [-0.3, -0.25) is 4.57 Å². The lowest BCUT2D eigenvalue weighted by atomic mass is 10.1. The van der Waals surface area contributed by atoms with Crippen molar-refractivity contribution < 1.29 is 13.2 Å². The van der Waals surface area contributed by atoms with Crippen LogP contribution in [0.2, 0.25) is 0 Å². The minimum Gasteiger partial charge on any atom is -0.292 e. The van der Waals surface area contributed by atoms with E-state index in [4.69, 9.17) is 0 Å². The van der Waals surface area contributed by atoms with Gasteiger partial charge >= 0.3 is 6.18 Å². The number of hydrogen-bond donors (Lipinski definition) is 0. The van der Waals surface area contributed by atoms with Crippen LogP contribution < -0.4 is 0 Å². The largest absolute Gasteiger partial charge is 0.417 e. The summed E-state index contributed by atoms with van der Waals surface area (Å²) in [4.78, 5) is 4.50. The summed E-state index contributed by atoms with van der Waals surface area (Å²) in [6.45, 7) is 0. The minimum atomic E-state index is -4.45. The van der Waals surface area contributed by atoms with Crippen molar-refractivity contribution in [2.45, 2.75) is 6.18 Å². The maximum atomic E-state index is 13.5. The number of nitrogens with zero attached hydrogens (tertiary/aromatic N) is 2. The standard InChI is InChI=1S/C20H13F3N2/c21-20(22,23)16-11-5-4-10-15(16)19-24-17-12-6-7-13-18(17)25(19)14-8-2-1-3-9-14/h1-13H. The lowest BCUT2D eigenvalue weighted by Gasteiger charge is -2.14. The van der Waals surface area contributed by atoms with Crippen molar-refractivity contribution in [2.24, 2.45) is 0 Å². The first-order chi connectivity index (χ1) is 12.1. The fourth-order valence-electron chi connectivity index (χ4n) is 2.97. The first kappa shape index (κ1) is 15.4. The Morgan fingerprint density at radius 2 is 1.36 bits per heavy atom. The SMILES string of the molecule is FC(F)(F)c1ccccc1-c1nc2ccccc2n1-c1ccccc1. The maximum Gasteiger partial charge on any atom is 0.417 e. The monoisotopic (exact) mass is 338 g/mol. The van der Waals surface area contributed by atoms with Crippen LogP contribution in [0.15, 0.2) is 78.9 Å². The highest BCUT2D eigenvalue weighted by Gasteiger charge is 2.34. The zero-order chi connectivity index (χ0) is 17.4. The van der Waals surface area contributed by atoms with Crippen LogP contribution in [0.1, 0.15) is 5.56 Å². The average Bonchev–Trinajstić information content (AvgIpc) is 3.01. The predicted molar refractivity (Wildman–Crippen MR) is 91.5 cm³/mol. The van der Waals surface area contributed by atoms with E-state index in [0.717, 1.165) is 17.3 Å². The summed E-state index contributed by atoms with van der Waals surface area (Å²) in [5, 5.41) is 0. The van der Waals surface area contributed by atoms with E-state index < -0.39 is 11.7 Å². The van der Waals surface area contributed by atoms with Crippen molar-refractivity contribution in [1.82, 2.24) is 9.55 Å². The van der Waals surface area contributed by atoms with Crippen LogP contribution in [-0.4, -0.2) is 9.55 Å². The van der Waals surface area contributed by atoms with Crippen molar-refractivity contribution in [2.75, 3.05) is 0 Å². The van der Waals surface area contributed by atoms with E-state index in [1.54, 1.807) is 16.7 Å². The van der Waals surface area contributed by atoms with Gasteiger partial charge in [-0.1, -0.05) is 48.5 Å². The lowest BCUT2D eigenvalue weighted by molar-refractivity contribution is -0.137. The molecular formula is C20H13F3N2. The summed E-state index contributed by atoms with van der Waals surface area (Å²) < 4.78 is 42.2. The van der Waals surface area contributed by atoms with Gasteiger partial charge < -0.3 is 0 Å². The van der Waals surface area contributed by atoms with E-state index in [0.29, 0.717) is 5.52 Å². The molecule has 25 heavy (non-hydrogen) atoms. The molecule has 0 unspecified atom stereocenters. The second-order valence-corrected chi connectivity index (χ2v) is 5.64. The summed E-state index contributed by atoms with van der Waals surface area (Å²) >= 11 is 0. The molecule has 2 nitrogen and oxygen atoms in total. The summed E-state index contributed by atoms with van der Waals surface area (Å²) in [6, 6.07) is 22.1. The molecule has 124 valence electrons. The third kappa shape index (κ3) is 2.67. The van der Waals surface area contributed by atoms with Crippen LogP contribution in [0.5, 0.6) is 0 Å². The summed E-state index contributed by atoms with van der Waals surface area (Å²) in [5.41, 5.74) is 1.56. The Kier molecular flexibility index (Phi) is 3.57. The number of benzene rings is 3. The number of hydrogen-bond acceptors (Lipinski definition) is 1. The third-order valence-electron chi connectivity index (χ3n) is 4.05. The number of para-hydroxylation sites is 3. The Morgan fingerprint density at radius 3 is 2.12 bits per heavy atom. The number of aromatic nitrogens is 2. The van der Waals surface area contributed by atoms with Gasteiger partial charge in [0, 0.05) is 11.3 Å². The van der Waals surface area contributed by atoms with E-state index in [-0.39, 0.29) is 11.4 Å². The van der Waals surface area contributed by atoms with Crippen LogP contribution in [0.3, 0.4) is 0 Å². The van der Waals surface area contributed by atoms with E-state index in [1.165, 1.54) is 12.1 Å². The Balaban J connectivity index is 2.08. The number of imidazole rings is 1. The van der Waals surface area contributed by atoms with Crippen LogP contribution in [-0.2, 0) is 6.18 Å². The molecule has 1 heterocycles. The molecule has 0 radical (unpaired) electrons. The van der Waals surface area contributed by atoms with E-state index >= 15 is 0 Å². The van der Waals surface area contributed by atoms with Crippen molar-refractivity contribution in [3.63, 3.8) is 0 Å². The highest BCUT2D eigenvalue weighted by Crippen LogP contribution is 2.38. The molecule has 0 bridgehead atoms. The minimum absolute atomic E-state index is 0.0649. The molecule has 4 aromatic rings. The van der Waals surface area contributed by atoms with E-state index in [9.17, 15) is 13.2 Å². The van der Waals surface area contributed by atoms with Crippen LogP contribution in [0.25, 0.3) is 28.1 Å². The first-order valence-corrected chi connectivity index (χ1v) is 7.75. The average molecular weight is 338 g/mol. The molecule has 0 atom stereocenters. The van der Waals surface area contributed by atoms with Gasteiger partial charge in [0.15, 0.2) is 0 Å². The molecule has 4 rings (SSSR count). The van der Waals surface area contributed by atoms with Crippen molar-refractivity contribution >= 4 is 11.0 Å². The quantitative estimate of drug-likeness (QED) is 0.458. The molecule has 1 aromatic heterocycles. The smallest absolute Gasteiger partial charge is 0.292 e. The summed E-state index contributed by atoms with van der Waals surface area (Å²) in [6.07, 6.45) is -4.45. The normalized spacial score (nSPS) is 11.8. The molecule has 0 aliphatic rings. The Hall–Kier alpha value is -3.08. The van der Waals surface area contributed by atoms with Gasteiger partial charge in [-0.15, -0.1) is 0 Å². The molecule has 3 aromatic carbocycles. The van der Waals surface area contributed by atoms with Crippen LogP contribution in [0, 0.1) is 0 Å². The van der Waals surface area contributed by atoms with Gasteiger partial charge in [-0.25, -0.2) is 4.98 Å². The number of alkyl halides is 3. The fourth-order valence-corrected chi connectivity index (χ4v) is 2.97. The van der Waals surface area contributed by atoms with Crippen molar-refractivity contribution in [3.8, 4) is 17.1 Å². The summed E-state index contributed by atoms with van der Waals surface area (Å²) in [7, 11) is 0. The molecular weight excluding hydrogens is 325 g/mol. The molecule has 0 saturated heterocycles. The van der Waals surface area contributed by atoms with Crippen LogP contribution >= 0.6 is 0 Å². The Bertz CT molecular complexity index is 1030.